The molecule has 0 radical (unpaired) electrons. The summed E-state index contributed by atoms with van der Waals surface area (Å²) in [5, 5.41) is 28.4. The number of benzene rings is 1. The minimum atomic E-state index is -0.955. The van der Waals surface area contributed by atoms with Gasteiger partial charge in [-0.2, -0.15) is 50.5 Å². The highest BCUT2D eigenvalue weighted by molar-refractivity contribution is 8.24. The summed E-state index contributed by atoms with van der Waals surface area (Å²) < 4.78 is 36.8. The first-order valence-corrected chi connectivity index (χ1v) is 45.5. The van der Waals surface area contributed by atoms with Gasteiger partial charge in [0.15, 0.2) is 0 Å². The maximum Gasteiger partial charge on any atom is 0.328 e. The standard InChI is InChI=1S/C22H37N3O6S4.C16H29N3O6S4.C14H15NO6S2.C8H12O4S2.C7H8O3S2/c1-21(2)32-13(15(34-21)19(28)30-5)17(26)24-11-7-9-23-10-8-12-25-18(27)14-16(20(29)31-6)35-22(3,4)33-14;1-24-15(22)11(28)9(26)13(20)18-7-3-5-17-6-4-8-19-14(21)10(27)12(29)16(23)25-2;1-14(2)22-10(12(16)20-3)11(23-14)13(17)21-9-6-4-8(5-7-9)15(18)19;1-8(2)13-4(6(9)10)5(14-8)7(11)12-3;1-7(2)11-3-4(12-7)6(9)10-5(3)8/h13-16,23H,7-12H2,1-6H3,(H,24,26)(H,25,27);9-12,17,26-29H,3-8H2,1-2H3,(H,18,20)(H,19,21);4-7,10-11H,1-3H3;4-5H,1-3H3,(H,9,10);3-4H,1-2H3. The summed E-state index contributed by atoms with van der Waals surface area (Å²) >= 11 is 30.5. The number of aliphatic carboxylic acids is 1. The lowest BCUT2D eigenvalue weighted by Gasteiger charge is -2.16. The molecular weight excluding hydrogens is 1750 g/mol. The second kappa shape index (κ2) is 49.1. The van der Waals surface area contributed by atoms with Crippen molar-refractivity contribution in [3.05, 3.63) is 34.4 Å². The van der Waals surface area contributed by atoms with Crippen LogP contribution in [0, 0.1) is 10.1 Å². The minimum absolute atomic E-state index is 0.0373. The van der Waals surface area contributed by atoms with Crippen molar-refractivity contribution >= 4 is 257 Å². The van der Waals surface area contributed by atoms with Crippen LogP contribution in [0.4, 0.5) is 5.69 Å². The number of nitrogens with zero attached hydrogens (tertiary/aromatic N) is 1. The number of methoxy groups -OCH3 is 6. The van der Waals surface area contributed by atoms with E-state index in [0.717, 1.165) is 25.9 Å². The van der Waals surface area contributed by atoms with Crippen LogP contribution < -0.4 is 36.6 Å². The van der Waals surface area contributed by atoms with E-state index in [1.807, 2.05) is 69.2 Å². The van der Waals surface area contributed by atoms with Gasteiger partial charge in [0.05, 0.1) is 68.0 Å². The van der Waals surface area contributed by atoms with E-state index in [-0.39, 0.29) is 78.0 Å². The topological polar surface area (TPSA) is 448 Å². The molecule has 0 aromatic heterocycles. The molecule has 7 rings (SSSR count). The van der Waals surface area contributed by atoms with Crippen molar-refractivity contribution < 1.29 is 115 Å². The Bertz CT molecular complexity index is 3350. The zero-order chi connectivity index (χ0) is 85.7. The second-order valence-electron chi connectivity index (χ2n) is 26.6. The first kappa shape index (κ1) is 103. The number of carboxylic acid groups (broad SMARTS) is 1. The molecular formula is C67H101N7O25S14. The Morgan fingerprint density at radius 3 is 0.991 bits per heavy atom. The van der Waals surface area contributed by atoms with Crippen molar-refractivity contribution in [2.45, 2.75) is 189 Å². The molecule has 6 fully saturated rings. The quantitative estimate of drug-likeness (QED) is 0.00592. The van der Waals surface area contributed by atoms with Gasteiger partial charge in [0.25, 0.3) is 5.69 Å². The number of nitro groups is 1. The molecule has 14 unspecified atom stereocenters. The van der Waals surface area contributed by atoms with Gasteiger partial charge < -0.3 is 74.9 Å². The Morgan fingerprint density at radius 1 is 0.416 bits per heavy atom. The van der Waals surface area contributed by atoms with E-state index in [1.165, 1.54) is 185 Å². The molecule has 638 valence electrons. The molecule has 6 aliphatic rings. The van der Waals surface area contributed by atoms with Gasteiger partial charge in [-0.3, -0.25) is 77.2 Å². The molecule has 7 N–H and O–H groups in total. The Kier molecular flexibility index (Phi) is 44.9. The zero-order valence-corrected chi connectivity index (χ0v) is 76.7. The van der Waals surface area contributed by atoms with Crippen LogP contribution in [0.2, 0.25) is 0 Å². The minimum Gasteiger partial charge on any atom is -0.480 e. The average molecular weight is 1850 g/mol. The van der Waals surface area contributed by atoms with Crippen LogP contribution in [0.15, 0.2) is 24.3 Å². The lowest BCUT2D eigenvalue weighted by molar-refractivity contribution is -0.384. The van der Waals surface area contributed by atoms with Gasteiger partial charge >= 0.3 is 59.7 Å². The summed E-state index contributed by atoms with van der Waals surface area (Å²) in [7, 11) is 7.68. The predicted octanol–water partition coefficient (Wildman–Crippen LogP) is 5.82. The molecule has 6 aliphatic heterocycles. The molecule has 6 saturated heterocycles. The fourth-order valence-corrected chi connectivity index (χ4v) is 27.2. The third-order valence-corrected chi connectivity index (χ3v) is 34.7. The molecule has 4 amide bonds. The number of esters is 9. The number of carbonyl (C=O) groups is 14. The Balaban J connectivity index is 0.000000383. The highest BCUT2D eigenvalue weighted by Crippen LogP contribution is 2.57. The smallest absolute Gasteiger partial charge is 0.328 e. The fourth-order valence-electron chi connectivity index (χ4n) is 10.2. The first-order chi connectivity index (χ1) is 52.7. The number of rotatable bonds is 32. The molecule has 0 bridgehead atoms. The number of amides is 4. The summed E-state index contributed by atoms with van der Waals surface area (Å²) in [6, 6.07) is 5.20. The molecule has 14 atom stereocenters. The number of nitro benzene ring substituents is 1. The Labute approximate surface area is 721 Å². The number of cyclic esters (lactones) is 2. The average Bonchev–Trinajstić information content (AvgIpc) is 1.61. The molecule has 46 heteroatoms. The van der Waals surface area contributed by atoms with Crippen molar-refractivity contribution in [3.63, 3.8) is 0 Å². The number of non-ortho nitro benzene ring substituents is 1. The highest BCUT2D eigenvalue weighted by Gasteiger charge is 2.56. The summed E-state index contributed by atoms with van der Waals surface area (Å²) in [5.41, 5.74) is -0.0934. The van der Waals surface area contributed by atoms with Crippen LogP contribution in [-0.2, 0) is 100 Å². The van der Waals surface area contributed by atoms with Crippen LogP contribution in [0.1, 0.15) is 94.9 Å². The predicted molar refractivity (Wildman–Crippen MR) is 461 cm³/mol. The number of hydrogen-bond donors (Lipinski definition) is 11. The van der Waals surface area contributed by atoms with Gasteiger partial charge in [0.2, 0.25) is 23.6 Å². The molecule has 1 aromatic carbocycles. The number of thiol groups is 4. The van der Waals surface area contributed by atoms with Crippen molar-refractivity contribution in [1.82, 2.24) is 31.9 Å². The Hall–Kier alpha value is -3.78. The van der Waals surface area contributed by atoms with Crippen molar-refractivity contribution in [2.75, 3.05) is 95.0 Å². The number of ether oxygens (including phenoxy) is 8. The number of thioether (sulfide) groups is 10. The van der Waals surface area contributed by atoms with Gasteiger partial charge in [-0.25, -0.2) is 0 Å². The largest absolute Gasteiger partial charge is 0.480 e. The molecule has 113 heavy (non-hydrogen) atoms. The number of fused-ring (bicyclic) bond motifs is 1. The first-order valence-electron chi connectivity index (χ1n) is 34.6. The SMILES string of the molecule is CC1(C)SC2C(=O)OC(=O)C2S1.COC(=O)C(S)C(S)C(=O)NCCCNCCCNC(=O)C(S)C(S)C(=O)OC.COC(=O)C1SC(C)(C)SC1C(=O)NCCCNCCCNC(=O)C1SC(C)(C)SC1C(=O)OC.COC(=O)C1SC(C)(C)SC1C(=O)O.COC(=O)C1SC(C)(C)SC1C(=O)Oc1ccc([N+](=O)[O-])cc1. The molecule has 6 heterocycles. The number of hydrogen-bond acceptors (Lipinski definition) is 40. The maximum atomic E-state index is 12.6. The van der Waals surface area contributed by atoms with Crippen LogP contribution in [0.25, 0.3) is 0 Å². The van der Waals surface area contributed by atoms with E-state index < -0.39 is 116 Å². The lowest BCUT2D eigenvalue weighted by Crippen LogP contribution is -2.41. The zero-order valence-electron chi connectivity index (χ0n) is 64.9. The van der Waals surface area contributed by atoms with E-state index in [1.54, 1.807) is 0 Å². The summed E-state index contributed by atoms with van der Waals surface area (Å²) in [6.45, 7) is 24.3. The van der Waals surface area contributed by atoms with Gasteiger partial charge in [0.1, 0.15) is 79.2 Å². The van der Waals surface area contributed by atoms with E-state index in [2.05, 4.69) is 101 Å². The monoisotopic (exact) mass is 1850 g/mol. The Morgan fingerprint density at radius 2 is 0.690 bits per heavy atom. The summed E-state index contributed by atoms with van der Waals surface area (Å²) in [5.74, 6) is -6.01. The van der Waals surface area contributed by atoms with Gasteiger partial charge in [-0.05, 0) is 133 Å². The maximum absolute atomic E-state index is 12.6. The van der Waals surface area contributed by atoms with Crippen LogP contribution >= 0.6 is 168 Å². The number of nitrogens with one attached hydrogen (secondary N) is 6. The normalized spacial score (nSPS) is 24.4. The lowest BCUT2D eigenvalue weighted by atomic mass is 10.2. The summed E-state index contributed by atoms with van der Waals surface area (Å²) in [4.78, 5) is 174. The van der Waals surface area contributed by atoms with Crippen LogP contribution in [-0.4, -0.2) is 282 Å². The van der Waals surface area contributed by atoms with Crippen molar-refractivity contribution in [2.24, 2.45) is 0 Å². The van der Waals surface area contributed by atoms with Crippen molar-refractivity contribution in [1.29, 1.82) is 0 Å². The van der Waals surface area contributed by atoms with Gasteiger partial charge in [-0.15, -0.1) is 118 Å². The number of carbonyl (C=O) groups excluding carboxylic acids is 13. The highest BCUT2D eigenvalue weighted by atomic mass is 32.2. The molecule has 32 nitrogen and oxygen atoms in total. The van der Waals surface area contributed by atoms with Crippen LogP contribution in [0.3, 0.4) is 0 Å². The van der Waals surface area contributed by atoms with Gasteiger partial charge in [0, 0.05) is 38.3 Å². The van der Waals surface area contributed by atoms with E-state index in [4.69, 9.17) is 24.1 Å². The van der Waals surface area contributed by atoms with E-state index in [9.17, 15) is 77.2 Å². The summed E-state index contributed by atoms with van der Waals surface area (Å²) in [6.07, 6.45) is 2.85. The van der Waals surface area contributed by atoms with E-state index >= 15 is 0 Å². The van der Waals surface area contributed by atoms with E-state index in [0.29, 0.717) is 52.1 Å². The molecule has 0 spiro atoms. The molecule has 0 aliphatic carbocycles. The third kappa shape index (κ3) is 34.5. The van der Waals surface area contributed by atoms with Gasteiger partial charge in [-0.1, -0.05) is 0 Å². The van der Waals surface area contributed by atoms with Crippen LogP contribution in [0.5, 0.6) is 5.75 Å². The third-order valence-electron chi connectivity index (χ3n) is 15.5. The molecule has 1 aromatic rings. The molecule has 0 saturated carbocycles. The fraction of sp³-hybridized carbons (Fsp3) is 0.701. The van der Waals surface area contributed by atoms with Crippen molar-refractivity contribution in [3.8, 4) is 5.75 Å². The number of carboxylic acids is 1. The second-order valence-corrected chi connectivity index (χ2v) is 47.8.